The van der Waals surface area contributed by atoms with Crippen LogP contribution in [0.4, 0.5) is 4.39 Å². The lowest BCUT2D eigenvalue weighted by molar-refractivity contribution is -0.120. The molecule has 17 heavy (non-hydrogen) atoms. The van der Waals surface area contributed by atoms with E-state index in [1.807, 2.05) is 0 Å². The zero-order valence-corrected chi connectivity index (χ0v) is 11.5. The molecule has 0 spiro atoms. The van der Waals surface area contributed by atoms with Gasteiger partial charge in [0.2, 0.25) is 5.91 Å². The van der Waals surface area contributed by atoms with E-state index in [-0.39, 0.29) is 11.7 Å². The number of halogens is 2. The Hall–Kier alpha value is -0.900. The SMILES string of the molecule is CC(CCBr)CNC(=O)Cc1ccc(F)cc1. The third kappa shape index (κ3) is 5.82. The fraction of sp³-hybridized carbons (Fsp3) is 0.462. The molecule has 1 aromatic carbocycles. The molecule has 0 radical (unpaired) electrons. The highest BCUT2D eigenvalue weighted by Crippen LogP contribution is 2.05. The van der Waals surface area contributed by atoms with E-state index in [1.165, 1.54) is 12.1 Å². The smallest absolute Gasteiger partial charge is 0.224 e. The van der Waals surface area contributed by atoms with Gasteiger partial charge in [-0.05, 0) is 30.0 Å². The van der Waals surface area contributed by atoms with Gasteiger partial charge in [-0.25, -0.2) is 4.39 Å². The van der Waals surface area contributed by atoms with Crippen LogP contribution in [0.2, 0.25) is 0 Å². The van der Waals surface area contributed by atoms with Gasteiger partial charge >= 0.3 is 0 Å². The molecule has 0 aromatic heterocycles. The Morgan fingerprint density at radius 1 is 1.41 bits per heavy atom. The van der Waals surface area contributed by atoms with Gasteiger partial charge in [-0.3, -0.25) is 4.79 Å². The third-order valence-corrected chi connectivity index (χ3v) is 2.99. The summed E-state index contributed by atoms with van der Waals surface area (Å²) in [6.07, 6.45) is 1.35. The molecule has 1 amide bonds. The lowest BCUT2D eigenvalue weighted by Gasteiger charge is -2.11. The topological polar surface area (TPSA) is 29.1 Å². The van der Waals surface area contributed by atoms with Crippen molar-refractivity contribution in [2.24, 2.45) is 5.92 Å². The first kappa shape index (κ1) is 14.2. The quantitative estimate of drug-likeness (QED) is 0.804. The molecule has 94 valence electrons. The summed E-state index contributed by atoms with van der Waals surface area (Å²) < 4.78 is 12.7. The van der Waals surface area contributed by atoms with Crippen molar-refractivity contribution in [2.45, 2.75) is 19.8 Å². The molecular weight excluding hydrogens is 285 g/mol. The molecule has 0 saturated heterocycles. The maximum Gasteiger partial charge on any atom is 0.224 e. The molecule has 0 aliphatic carbocycles. The molecule has 0 heterocycles. The van der Waals surface area contributed by atoms with E-state index in [1.54, 1.807) is 12.1 Å². The number of amides is 1. The van der Waals surface area contributed by atoms with E-state index < -0.39 is 0 Å². The van der Waals surface area contributed by atoms with Crippen molar-refractivity contribution in [3.8, 4) is 0 Å². The van der Waals surface area contributed by atoms with Crippen molar-refractivity contribution in [3.63, 3.8) is 0 Å². The minimum atomic E-state index is -0.278. The van der Waals surface area contributed by atoms with Gasteiger partial charge in [0.1, 0.15) is 5.82 Å². The molecule has 1 rings (SSSR count). The second-order valence-corrected chi connectivity index (χ2v) is 4.98. The van der Waals surface area contributed by atoms with Crippen LogP contribution in [-0.4, -0.2) is 17.8 Å². The third-order valence-electron chi connectivity index (χ3n) is 2.53. The average molecular weight is 302 g/mol. The zero-order chi connectivity index (χ0) is 12.7. The highest BCUT2D eigenvalue weighted by molar-refractivity contribution is 9.09. The highest BCUT2D eigenvalue weighted by atomic mass is 79.9. The standard InChI is InChI=1S/C13H17BrFNO/c1-10(6-7-14)9-16-13(17)8-11-2-4-12(15)5-3-11/h2-5,10H,6-9H2,1H3,(H,16,17). The Kier molecular flexibility index (Phi) is 6.19. The summed E-state index contributed by atoms with van der Waals surface area (Å²) in [5.74, 6) is 0.171. The lowest BCUT2D eigenvalue weighted by Crippen LogP contribution is -2.29. The summed E-state index contributed by atoms with van der Waals surface area (Å²) in [6, 6.07) is 6.01. The molecule has 2 nitrogen and oxygen atoms in total. The van der Waals surface area contributed by atoms with E-state index in [0.717, 1.165) is 17.3 Å². The molecule has 0 aliphatic heterocycles. The van der Waals surface area contributed by atoms with Gasteiger partial charge in [0.25, 0.3) is 0 Å². The Labute approximate surface area is 110 Å². The van der Waals surface area contributed by atoms with Crippen LogP contribution in [-0.2, 0) is 11.2 Å². The van der Waals surface area contributed by atoms with Gasteiger partial charge in [-0.15, -0.1) is 0 Å². The van der Waals surface area contributed by atoms with Gasteiger partial charge in [0.05, 0.1) is 6.42 Å². The molecule has 1 N–H and O–H groups in total. The first-order valence-corrected chi connectivity index (χ1v) is 6.81. The minimum absolute atomic E-state index is 0.0157. The van der Waals surface area contributed by atoms with E-state index in [9.17, 15) is 9.18 Å². The second-order valence-electron chi connectivity index (χ2n) is 4.19. The maximum absolute atomic E-state index is 12.7. The van der Waals surface area contributed by atoms with Gasteiger partial charge < -0.3 is 5.32 Å². The van der Waals surface area contributed by atoms with E-state index >= 15 is 0 Å². The average Bonchev–Trinajstić information content (AvgIpc) is 2.30. The maximum atomic E-state index is 12.7. The number of benzene rings is 1. The summed E-state index contributed by atoms with van der Waals surface area (Å²) in [5.41, 5.74) is 0.831. The number of hydrogen-bond donors (Lipinski definition) is 1. The number of carbonyl (C=O) groups excluding carboxylic acids is 1. The molecule has 0 fully saturated rings. The molecular formula is C13H17BrFNO. The van der Waals surface area contributed by atoms with Crippen LogP contribution in [0.3, 0.4) is 0 Å². The van der Waals surface area contributed by atoms with Crippen LogP contribution in [0.5, 0.6) is 0 Å². The Bertz CT molecular complexity index is 353. The molecule has 1 unspecified atom stereocenters. The fourth-order valence-corrected chi connectivity index (χ4v) is 2.21. The molecule has 0 saturated carbocycles. The predicted molar refractivity (Wildman–Crippen MR) is 70.7 cm³/mol. The second kappa shape index (κ2) is 7.43. The van der Waals surface area contributed by atoms with Crippen molar-refractivity contribution in [2.75, 3.05) is 11.9 Å². The van der Waals surface area contributed by atoms with E-state index in [2.05, 4.69) is 28.2 Å². The van der Waals surface area contributed by atoms with Crippen LogP contribution in [0.15, 0.2) is 24.3 Å². The number of rotatable bonds is 6. The van der Waals surface area contributed by atoms with Gasteiger partial charge in [-0.2, -0.15) is 0 Å². The highest BCUT2D eigenvalue weighted by Gasteiger charge is 2.06. The fourth-order valence-electron chi connectivity index (χ4n) is 1.43. The van der Waals surface area contributed by atoms with Crippen molar-refractivity contribution >= 4 is 21.8 Å². The van der Waals surface area contributed by atoms with Crippen LogP contribution in [0.1, 0.15) is 18.9 Å². The van der Waals surface area contributed by atoms with E-state index in [0.29, 0.717) is 18.9 Å². The van der Waals surface area contributed by atoms with Crippen molar-refractivity contribution in [1.82, 2.24) is 5.32 Å². The number of nitrogens with one attached hydrogen (secondary N) is 1. The normalized spacial score (nSPS) is 12.2. The summed E-state index contributed by atoms with van der Waals surface area (Å²) in [7, 11) is 0. The number of alkyl halides is 1. The van der Waals surface area contributed by atoms with E-state index in [4.69, 9.17) is 0 Å². The van der Waals surface area contributed by atoms with Gasteiger partial charge in [-0.1, -0.05) is 35.0 Å². The lowest BCUT2D eigenvalue weighted by atomic mass is 10.1. The Morgan fingerprint density at radius 3 is 2.65 bits per heavy atom. The van der Waals surface area contributed by atoms with Crippen molar-refractivity contribution in [1.29, 1.82) is 0 Å². The molecule has 0 aliphatic rings. The Balaban J connectivity index is 2.32. The monoisotopic (exact) mass is 301 g/mol. The first-order chi connectivity index (χ1) is 8.11. The van der Waals surface area contributed by atoms with Crippen LogP contribution < -0.4 is 5.32 Å². The van der Waals surface area contributed by atoms with Crippen molar-refractivity contribution < 1.29 is 9.18 Å². The van der Waals surface area contributed by atoms with Crippen molar-refractivity contribution in [3.05, 3.63) is 35.6 Å². The largest absolute Gasteiger partial charge is 0.356 e. The van der Waals surface area contributed by atoms with Crippen LogP contribution in [0, 0.1) is 11.7 Å². The summed E-state index contributed by atoms with van der Waals surface area (Å²) in [5, 5.41) is 3.82. The summed E-state index contributed by atoms with van der Waals surface area (Å²) in [6.45, 7) is 2.78. The van der Waals surface area contributed by atoms with Gasteiger partial charge in [0.15, 0.2) is 0 Å². The zero-order valence-electron chi connectivity index (χ0n) is 9.88. The first-order valence-electron chi connectivity index (χ1n) is 5.69. The Morgan fingerprint density at radius 2 is 2.06 bits per heavy atom. The summed E-state index contributed by atoms with van der Waals surface area (Å²) >= 11 is 3.37. The summed E-state index contributed by atoms with van der Waals surface area (Å²) in [4.78, 5) is 11.6. The van der Waals surface area contributed by atoms with Crippen LogP contribution >= 0.6 is 15.9 Å². The number of hydrogen-bond acceptors (Lipinski definition) is 1. The molecule has 1 aromatic rings. The predicted octanol–water partition coefficient (Wildman–Crippen LogP) is 2.91. The van der Waals surface area contributed by atoms with Crippen LogP contribution in [0.25, 0.3) is 0 Å². The number of carbonyl (C=O) groups is 1. The van der Waals surface area contributed by atoms with Gasteiger partial charge in [0, 0.05) is 11.9 Å². The minimum Gasteiger partial charge on any atom is -0.356 e. The molecule has 4 heteroatoms. The molecule has 1 atom stereocenters. The molecule has 0 bridgehead atoms.